The first-order valence-electron chi connectivity index (χ1n) is 6.19. The molecule has 0 saturated heterocycles. The first-order chi connectivity index (χ1) is 9.77. The van der Waals surface area contributed by atoms with Crippen molar-refractivity contribution in [2.24, 2.45) is 14.1 Å². The lowest BCUT2D eigenvalue weighted by atomic mass is 10.1. The summed E-state index contributed by atoms with van der Waals surface area (Å²) < 4.78 is 42.8. The Kier molecular flexibility index (Phi) is 2.79. The zero-order valence-electron chi connectivity index (χ0n) is 11.6. The summed E-state index contributed by atoms with van der Waals surface area (Å²) in [6.07, 6.45) is -2.82. The van der Waals surface area contributed by atoms with Crippen molar-refractivity contribution >= 4 is 11.0 Å². The number of aryl methyl sites for hydroxylation is 3. The molecule has 0 aliphatic rings. The quantitative estimate of drug-likeness (QED) is 0.693. The van der Waals surface area contributed by atoms with Crippen molar-refractivity contribution in [1.82, 2.24) is 24.5 Å². The van der Waals surface area contributed by atoms with Gasteiger partial charge in [0.25, 0.3) is 0 Å². The summed E-state index contributed by atoms with van der Waals surface area (Å²) in [6.45, 7) is 1.54. The van der Waals surface area contributed by atoms with Crippen LogP contribution in [-0.2, 0) is 20.3 Å². The van der Waals surface area contributed by atoms with Crippen LogP contribution in [0.1, 0.15) is 11.3 Å². The average molecular weight is 295 g/mol. The van der Waals surface area contributed by atoms with E-state index in [0.717, 1.165) is 6.07 Å². The van der Waals surface area contributed by atoms with Gasteiger partial charge in [-0.25, -0.2) is 4.98 Å². The maximum absolute atomic E-state index is 13.3. The number of rotatable bonds is 1. The Morgan fingerprint density at radius 1 is 1.10 bits per heavy atom. The Morgan fingerprint density at radius 3 is 2.38 bits per heavy atom. The van der Waals surface area contributed by atoms with Crippen molar-refractivity contribution in [2.45, 2.75) is 13.1 Å². The zero-order chi connectivity index (χ0) is 15.4. The van der Waals surface area contributed by atoms with E-state index in [1.807, 2.05) is 0 Å². The topological polar surface area (TPSA) is 48.5 Å². The third-order valence-electron chi connectivity index (χ3n) is 3.25. The van der Waals surface area contributed by atoms with Crippen molar-refractivity contribution in [3.63, 3.8) is 0 Å². The Bertz CT molecular complexity index is 828. The molecule has 0 spiro atoms. The molecule has 0 N–H and O–H groups in total. The number of hydrogen-bond donors (Lipinski definition) is 0. The van der Waals surface area contributed by atoms with E-state index in [0.29, 0.717) is 11.4 Å². The molecule has 3 aromatic heterocycles. The molecule has 0 aliphatic carbocycles. The normalized spacial score (nSPS) is 12.3. The van der Waals surface area contributed by atoms with Crippen LogP contribution in [0, 0.1) is 6.92 Å². The molecule has 0 atom stereocenters. The number of pyridine rings is 1. The van der Waals surface area contributed by atoms with Gasteiger partial charge >= 0.3 is 6.18 Å². The summed E-state index contributed by atoms with van der Waals surface area (Å²) in [5, 5.41) is 8.17. The van der Waals surface area contributed by atoms with Gasteiger partial charge in [-0.2, -0.15) is 23.4 Å². The Labute approximate surface area is 118 Å². The fourth-order valence-electron chi connectivity index (χ4n) is 2.35. The van der Waals surface area contributed by atoms with E-state index in [1.54, 1.807) is 33.3 Å². The van der Waals surface area contributed by atoms with Crippen LogP contribution < -0.4 is 0 Å². The molecule has 3 heterocycles. The molecule has 5 nitrogen and oxygen atoms in total. The largest absolute Gasteiger partial charge is 0.417 e. The van der Waals surface area contributed by atoms with Gasteiger partial charge in [0, 0.05) is 20.3 Å². The number of fused-ring (bicyclic) bond motifs is 1. The second-order valence-electron chi connectivity index (χ2n) is 4.84. The van der Waals surface area contributed by atoms with Crippen LogP contribution in [0.2, 0.25) is 0 Å². The smallest absolute Gasteiger partial charge is 0.275 e. The zero-order valence-corrected chi connectivity index (χ0v) is 11.6. The molecule has 0 aliphatic heterocycles. The van der Waals surface area contributed by atoms with Crippen molar-refractivity contribution in [3.8, 4) is 11.4 Å². The van der Waals surface area contributed by atoms with Gasteiger partial charge in [-0.15, -0.1) is 0 Å². The van der Waals surface area contributed by atoms with E-state index in [9.17, 15) is 13.2 Å². The molecule has 8 heteroatoms. The van der Waals surface area contributed by atoms with Crippen molar-refractivity contribution in [3.05, 3.63) is 29.6 Å². The molecule has 0 unspecified atom stereocenters. The van der Waals surface area contributed by atoms with Crippen LogP contribution in [0.25, 0.3) is 22.4 Å². The van der Waals surface area contributed by atoms with E-state index in [-0.39, 0.29) is 16.7 Å². The molecule has 3 rings (SSSR count). The minimum absolute atomic E-state index is 0.0321. The van der Waals surface area contributed by atoms with Crippen molar-refractivity contribution in [2.75, 3.05) is 0 Å². The van der Waals surface area contributed by atoms with Crippen LogP contribution in [0.15, 0.2) is 18.3 Å². The lowest BCUT2D eigenvalue weighted by Crippen LogP contribution is -2.08. The molecule has 0 bridgehead atoms. The van der Waals surface area contributed by atoms with Crippen LogP contribution in [0.4, 0.5) is 13.2 Å². The van der Waals surface area contributed by atoms with Crippen molar-refractivity contribution in [1.29, 1.82) is 0 Å². The third-order valence-corrected chi connectivity index (χ3v) is 3.25. The van der Waals surface area contributed by atoms with E-state index >= 15 is 0 Å². The predicted octanol–water partition coefficient (Wildman–Crippen LogP) is 2.70. The minimum Gasteiger partial charge on any atom is -0.275 e. The lowest BCUT2D eigenvalue weighted by molar-refractivity contribution is -0.136. The number of hydrogen-bond acceptors (Lipinski definition) is 3. The molecule has 0 amide bonds. The Balaban J connectivity index is 2.37. The van der Waals surface area contributed by atoms with Crippen molar-refractivity contribution < 1.29 is 13.2 Å². The fourth-order valence-corrected chi connectivity index (χ4v) is 2.35. The van der Waals surface area contributed by atoms with Gasteiger partial charge in [-0.1, -0.05) is 0 Å². The summed E-state index contributed by atoms with van der Waals surface area (Å²) in [6, 6.07) is 2.65. The second-order valence-corrected chi connectivity index (χ2v) is 4.84. The predicted molar refractivity (Wildman–Crippen MR) is 70.5 cm³/mol. The minimum atomic E-state index is -4.47. The SMILES string of the molecule is Cc1nn(C)c2nc(-c3ccn(C)n3)cc(C(F)(F)F)c12. The molecule has 3 aromatic rings. The third kappa shape index (κ3) is 2.16. The van der Waals surface area contributed by atoms with Gasteiger partial charge in [0.1, 0.15) is 5.69 Å². The van der Waals surface area contributed by atoms with Crippen LogP contribution >= 0.6 is 0 Å². The number of alkyl halides is 3. The maximum atomic E-state index is 13.3. The average Bonchev–Trinajstić information content (AvgIpc) is 2.93. The van der Waals surface area contributed by atoms with Crippen LogP contribution in [-0.4, -0.2) is 24.5 Å². The maximum Gasteiger partial charge on any atom is 0.417 e. The van der Waals surface area contributed by atoms with Crippen LogP contribution in [0.5, 0.6) is 0 Å². The highest BCUT2D eigenvalue weighted by Gasteiger charge is 2.35. The van der Waals surface area contributed by atoms with E-state index in [1.165, 1.54) is 9.36 Å². The Hall–Kier alpha value is -2.38. The number of halogens is 3. The molecular formula is C13H12F3N5. The van der Waals surface area contributed by atoms with E-state index < -0.39 is 11.7 Å². The highest BCUT2D eigenvalue weighted by molar-refractivity contribution is 5.85. The number of nitrogens with zero attached hydrogens (tertiary/aromatic N) is 5. The van der Waals surface area contributed by atoms with E-state index in [2.05, 4.69) is 15.2 Å². The molecule has 0 aromatic carbocycles. The first kappa shape index (κ1) is 13.6. The summed E-state index contributed by atoms with van der Waals surface area (Å²) in [5.74, 6) is 0. The van der Waals surface area contributed by atoms with Gasteiger partial charge in [-0.3, -0.25) is 9.36 Å². The fraction of sp³-hybridized carbons (Fsp3) is 0.308. The highest BCUT2D eigenvalue weighted by Crippen LogP contribution is 2.37. The molecule has 0 saturated carbocycles. The summed E-state index contributed by atoms with van der Waals surface area (Å²) in [4.78, 5) is 4.28. The van der Waals surface area contributed by atoms with Gasteiger partial charge in [-0.05, 0) is 19.1 Å². The van der Waals surface area contributed by atoms with E-state index in [4.69, 9.17) is 0 Å². The molecular weight excluding hydrogens is 283 g/mol. The second kappa shape index (κ2) is 4.31. The molecule has 110 valence electrons. The summed E-state index contributed by atoms with van der Waals surface area (Å²) in [7, 11) is 3.27. The lowest BCUT2D eigenvalue weighted by Gasteiger charge is -2.10. The highest BCUT2D eigenvalue weighted by atomic mass is 19.4. The molecule has 21 heavy (non-hydrogen) atoms. The van der Waals surface area contributed by atoms with Gasteiger partial charge < -0.3 is 0 Å². The standard InChI is InChI=1S/C13H12F3N5/c1-7-11-8(13(14,15)16)6-10(9-4-5-20(2)19-9)17-12(11)21(3)18-7/h4-6H,1-3H3. The summed E-state index contributed by atoms with van der Waals surface area (Å²) in [5.41, 5.74) is 0.337. The summed E-state index contributed by atoms with van der Waals surface area (Å²) >= 11 is 0. The molecule has 0 radical (unpaired) electrons. The van der Waals surface area contributed by atoms with Gasteiger partial charge in [0.2, 0.25) is 0 Å². The van der Waals surface area contributed by atoms with Gasteiger partial charge in [0.05, 0.1) is 22.3 Å². The monoisotopic (exact) mass is 295 g/mol. The first-order valence-corrected chi connectivity index (χ1v) is 6.19. The number of aromatic nitrogens is 5. The van der Waals surface area contributed by atoms with Crippen LogP contribution in [0.3, 0.4) is 0 Å². The molecule has 0 fully saturated rings. The van der Waals surface area contributed by atoms with Gasteiger partial charge in [0.15, 0.2) is 5.65 Å². The Morgan fingerprint density at radius 2 is 1.81 bits per heavy atom.